The largest absolute Gasteiger partial charge is 0.279 e. The maximum atomic E-state index is 4.50. The first-order valence-electron chi connectivity index (χ1n) is 5.49. The number of H-pyrrole nitrogens is 1. The van der Waals surface area contributed by atoms with Crippen LogP contribution in [0.1, 0.15) is 25.5 Å². The van der Waals surface area contributed by atoms with Crippen molar-refractivity contribution in [1.29, 1.82) is 0 Å². The van der Waals surface area contributed by atoms with Crippen molar-refractivity contribution >= 4 is 21.8 Å². The molecular weight excluding hydrogens is 198 g/mol. The Morgan fingerprint density at radius 3 is 2.75 bits per heavy atom. The van der Waals surface area contributed by atoms with Crippen LogP contribution < -0.4 is 0 Å². The third-order valence-electron chi connectivity index (χ3n) is 2.89. The van der Waals surface area contributed by atoms with E-state index < -0.39 is 0 Å². The molecule has 2 heterocycles. The zero-order chi connectivity index (χ0) is 11.1. The standard InChI is InChI=1S/C13H13N3/c1-8(2)11-13-12(16-15-11)10-6-4-3-5-9(10)7-14-13/h3-8H,1-2H3,(H,15,16). The molecule has 3 nitrogen and oxygen atoms in total. The van der Waals surface area contributed by atoms with Gasteiger partial charge in [0.05, 0.1) is 5.69 Å². The lowest BCUT2D eigenvalue weighted by Gasteiger charge is -2.01. The highest BCUT2D eigenvalue weighted by atomic mass is 15.1. The third-order valence-corrected chi connectivity index (χ3v) is 2.89. The third kappa shape index (κ3) is 1.21. The van der Waals surface area contributed by atoms with Crippen LogP contribution in [0.25, 0.3) is 21.8 Å². The first-order valence-corrected chi connectivity index (χ1v) is 5.49. The summed E-state index contributed by atoms with van der Waals surface area (Å²) >= 11 is 0. The van der Waals surface area contributed by atoms with Gasteiger partial charge in [-0.3, -0.25) is 10.1 Å². The van der Waals surface area contributed by atoms with Crippen molar-refractivity contribution in [3.8, 4) is 0 Å². The van der Waals surface area contributed by atoms with E-state index in [0.717, 1.165) is 27.5 Å². The van der Waals surface area contributed by atoms with Gasteiger partial charge in [-0.15, -0.1) is 0 Å². The van der Waals surface area contributed by atoms with Crippen LogP contribution in [-0.4, -0.2) is 15.2 Å². The van der Waals surface area contributed by atoms with Crippen molar-refractivity contribution in [2.45, 2.75) is 19.8 Å². The van der Waals surface area contributed by atoms with Gasteiger partial charge >= 0.3 is 0 Å². The lowest BCUT2D eigenvalue weighted by molar-refractivity contribution is 0.815. The van der Waals surface area contributed by atoms with E-state index >= 15 is 0 Å². The van der Waals surface area contributed by atoms with Gasteiger partial charge in [-0.05, 0) is 5.92 Å². The Bertz CT molecular complexity index is 652. The molecular formula is C13H13N3. The van der Waals surface area contributed by atoms with Gasteiger partial charge in [0.15, 0.2) is 0 Å². The number of nitrogens with one attached hydrogen (secondary N) is 1. The number of benzene rings is 1. The SMILES string of the molecule is CC(C)c1[nH]nc2c1ncc1ccccc12. The van der Waals surface area contributed by atoms with Gasteiger partial charge in [-0.2, -0.15) is 5.10 Å². The minimum atomic E-state index is 0.415. The van der Waals surface area contributed by atoms with E-state index in [1.165, 1.54) is 0 Å². The molecule has 16 heavy (non-hydrogen) atoms. The number of pyridine rings is 1. The Balaban J connectivity index is 2.45. The van der Waals surface area contributed by atoms with E-state index in [-0.39, 0.29) is 0 Å². The lowest BCUT2D eigenvalue weighted by Crippen LogP contribution is -1.89. The molecule has 0 radical (unpaired) electrons. The zero-order valence-electron chi connectivity index (χ0n) is 9.36. The molecule has 3 rings (SSSR count). The number of fused-ring (bicyclic) bond motifs is 3. The zero-order valence-corrected chi connectivity index (χ0v) is 9.36. The fraction of sp³-hybridized carbons (Fsp3) is 0.231. The quantitative estimate of drug-likeness (QED) is 0.671. The maximum Gasteiger partial charge on any atom is 0.119 e. The topological polar surface area (TPSA) is 41.6 Å². The Morgan fingerprint density at radius 2 is 1.94 bits per heavy atom. The van der Waals surface area contributed by atoms with Gasteiger partial charge in [0.1, 0.15) is 11.0 Å². The lowest BCUT2D eigenvalue weighted by atomic mass is 10.1. The summed E-state index contributed by atoms with van der Waals surface area (Å²) < 4.78 is 0. The van der Waals surface area contributed by atoms with E-state index in [2.05, 4.69) is 41.2 Å². The van der Waals surface area contributed by atoms with Crippen LogP contribution in [0.5, 0.6) is 0 Å². The number of aromatic amines is 1. The minimum Gasteiger partial charge on any atom is -0.279 e. The Labute approximate surface area is 93.5 Å². The summed E-state index contributed by atoms with van der Waals surface area (Å²) in [4.78, 5) is 4.50. The second kappa shape index (κ2) is 3.30. The molecule has 2 aromatic heterocycles. The summed E-state index contributed by atoms with van der Waals surface area (Å²) in [6.07, 6.45) is 1.92. The predicted octanol–water partition coefficient (Wildman–Crippen LogP) is 3.23. The molecule has 0 bridgehead atoms. The highest BCUT2D eigenvalue weighted by Crippen LogP contribution is 2.26. The normalized spacial score (nSPS) is 11.7. The van der Waals surface area contributed by atoms with Crippen LogP contribution in [0.2, 0.25) is 0 Å². The van der Waals surface area contributed by atoms with Crippen LogP contribution >= 0.6 is 0 Å². The molecule has 0 atom stereocenters. The first-order chi connectivity index (χ1) is 7.77. The number of rotatable bonds is 1. The van der Waals surface area contributed by atoms with Gasteiger partial charge in [0.2, 0.25) is 0 Å². The fourth-order valence-corrected chi connectivity index (χ4v) is 2.03. The Morgan fingerprint density at radius 1 is 1.12 bits per heavy atom. The average Bonchev–Trinajstić information content (AvgIpc) is 2.73. The average molecular weight is 211 g/mol. The highest BCUT2D eigenvalue weighted by molar-refractivity contribution is 6.03. The molecule has 1 aromatic carbocycles. The highest BCUT2D eigenvalue weighted by Gasteiger charge is 2.11. The fourth-order valence-electron chi connectivity index (χ4n) is 2.03. The van der Waals surface area contributed by atoms with Crippen molar-refractivity contribution in [3.63, 3.8) is 0 Å². The molecule has 0 aliphatic rings. The van der Waals surface area contributed by atoms with Crippen LogP contribution in [0.15, 0.2) is 30.5 Å². The molecule has 3 heteroatoms. The first kappa shape index (κ1) is 9.33. The second-order valence-electron chi connectivity index (χ2n) is 4.33. The van der Waals surface area contributed by atoms with E-state index in [0.29, 0.717) is 5.92 Å². The molecule has 80 valence electrons. The van der Waals surface area contributed by atoms with E-state index in [1.54, 1.807) is 0 Å². The molecule has 0 aliphatic heterocycles. The van der Waals surface area contributed by atoms with Crippen molar-refractivity contribution < 1.29 is 0 Å². The van der Waals surface area contributed by atoms with Gasteiger partial charge < -0.3 is 0 Å². The molecule has 0 unspecified atom stereocenters. The summed E-state index contributed by atoms with van der Waals surface area (Å²) in [5.74, 6) is 0.415. The predicted molar refractivity (Wildman–Crippen MR) is 65.5 cm³/mol. The molecule has 0 saturated heterocycles. The van der Waals surface area contributed by atoms with E-state index in [4.69, 9.17) is 0 Å². The number of hydrogen-bond acceptors (Lipinski definition) is 2. The van der Waals surface area contributed by atoms with Crippen molar-refractivity contribution in [2.75, 3.05) is 0 Å². The van der Waals surface area contributed by atoms with Crippen molar-refractivity contribution in [1.82, 2.24) is 15.2 Å². The summed E-state index contributed by atoms with van der Waals surface area (Å²) in [5.41, 5.74) is 3.08. The summed E-state index contributed by atoms with van der Waals surface area (Å²) in [6, 6.07) is 8.20. The summed E-state index contributed by atoms with van der Waals surface area (Å²) in [6.45, 7) is 4.29. The van der Waals surface area contributed by atoms with Gasteiger partial charge in [0, 0.05) is 17.0 Å². The van der Waals surface area contributed by atoms with Crippen molar-refractivity contribution in [2.24, 2.45) is 0 Å². The minimum absolute atomic E-state index is 0.415. The number of hydrogen-bond donors (Lipinski definition) is 1. The molecule has 3 aromatic rings. The Hall–Kier alpha value is -1.90. The van der Waals surface area contributed by atoms with Crippen LogP contribution in [0.3, 0.4) is 0 Å². The molecule has 0 fully saturated rings. The summed E-state index contributed by atoms with van der Waals surface area (Å²) in [5, 5.41) is 9.77. The molecule has 0 aliphatic carbocycles. The smallest absolute Gasteiger partial charge is 0.119 e. The molecule has 0 saturated carbocycles. The van der Waals surface area contributed by atoms with Crippen molar-refractivity contribution in [3.05, 3.63) is 36.2 Å². The van der Waals surface area contributed by atoms with Gasteiger partial charge in [0.25, 0.3) is 0 Å². The molecule has 1 N–H and O–H groups in total. The summed E-state index contributed by atoms with van der Waals surface area (Å²) in [7, 11) is 0. The van der Waals surface area contributed by atoms with Crippen LogP contribution in [0.4, 0.5) is 0 Å². The Kier molecular flexibility index (Phi) is 1.93. The van der Waals surface area contributed by atoms with Gasteiger partial charge in [-0.1, -0.05) is 38.1 Å². The molecule has 0 amide bonds. The second-order valence-corrected chi connectivity index (χ2v) is 4.33. The van der Waals surface area contributed by atoms with Gasteiger partial charge in [-0.25, -0.2) is 0 Å². The van der Waals surface area contributed by atoms with E-state index in [1.807, 2.05) is 18.3 Å². The number of aromatic nitrogens is 3. The van der Waals surface area contributed by atoms with E-state index in [9.17, 15) is 0 Å². The monoisotopic (exact) mass is 211 g/mol. The maximum absolute atomic E-state index is 4.50. The molecule has 0 spiro atoms. The number of nitrogens with zero attached hydrogens (tertiary/aromatic N) is 2. The van der Waals surface area contributed by atoms with Crippen LogP contribution in [-0.2, 0) is 0 Å². The van der Waals surface area contributed by atoms with Crippen LogP contribution in [0, 0.1) is 0 Å².